The van der Waals surface area contributed by atoms with E-state index in [0.717, 1.165) is 22.7 Å². The predicted molar refractivity (Wildman–Crippen MR) is 55.1 cm³/mol. The summed E-state index contributed by atoms with van der Waals surface area (Å²) in [5.74, 6) is 0.970. The number of rotatable bonds is 2. The minimum absolute atomic E-state index is 0.466. The van der Waals surface area contributed by atoms with Crippen LogP contribution in [0.15, 0.2) is 12.3 Å². The zero-order valence-electron chi connectivity index (χ0n) is 8.00. The summed E-state index contributed by atoms with van der Waals surface area (Å²) in [4.78, 5) is 4.34. The lowest BCUT2D eigenvalue weighted by atomic mass is 10.1. The molecule has 1 aliphatic rings. The molecule has 3 heteroatoms. The van der Waals surface area contributed by atoms with Gasteiger partial charge >= 0.3 is 0 Å². The maximum atomic E-state index is 8.57. The van der Waals surface area contributed by atoms with E-state index in [1.54, 1.807) is 6.20 Å². The monoisotopic (exact) mass is 206 g/mol. The molecule has 2 atom stereocenters. The molecule has 0 saturated heterocycles. The summed E-state index contributed by atoms with van der Waals surface area (Å²) in [6.07, 6.45) is 3.46. The number of aromatic nitrogens is 1. The van der Waals surface area contributed by atoms with Gasteiger partial charge in [-0.1, -0.05) is 11.6 Å². The molecular weight excluding hydrogens is 196 g/mol. The van der Waals surface area contributed by atoms with E-state index in [-0.39, 0.29) is 0 Å². The molecule has 72 valence electrons. The van der Waals surface area contributed by atoms with Gasteiger partial charge in [-0.15, -0.1) is 0 Å². The highest BCUT2D eigenvalue weighted by Crippen LogP contribution is 2.49. The van der Waals surface area contributed by atoms with Crippen molar-refractivity contribution in [2.75, 3.05) is 0 Å². The van der Waals surface area contributed by atoms with Gasteiger partial charge in [0.1, 0.15) is 0 Å². The lowest BCUT2D eigenvalue weighted by molar-refractivity contribution is 0.809. The van der Waals surface area contributed by atoms with Crippen molar-refractivity contribution in [1.29, 1.82) is 5.26 Å². The summed E-state index contributed by atoms with van der Waals surface area (Å²) in [5.41, 5.74) is 2.15. The molecule has 2 nitrogen and oxygen atoms in total. The van der Waals surface area contributed by atoms with Crippen molar-refractivity contribution < 1.29 is 0 Å². The molecule has 1 aliphatic carbocycles. The Kier molecular flexibility index (Phi) is 2.43. The molecule has 1 saturated carbocycles. The first-order chi connectivity index (χ1) is 6.74. The van der Waals surface area contributed by atoms with Crippen molar-refractivity contribution in [1.82, 2.24) is 4.98 Å². The highest BCUT2D eigenvalue weighted by atomic mass is 35.5. The number of nitriles is 1. The Morgan fingerprint density at radius 3 is 3.21 bits per heavy atom. The van der Waals surface area contributed by atoms with Crippen LogP contribution >= 0.6 is 11.6 Å². The van der Waals surface area contributed by atoms with Crippen molar-refractivity contribution in [2.24, 2.45) is 5.92 Å². The van der Waals surface area contributed by atoms with E-state index in [1.165, 1.54) is 0 Å². The largest absolute Gasteiger partial charge is 0.261 e. The summed E-state index contributed by atoms with van der Waals surface area (Å²) in [6, 6.07) is 4.01. The van der Waals surface area contributed by atoms with Crippen LogP contribution in [0.5, 0.6) is 0 Å². The Hall–Kier alpha value is -1.07. The van der Waals surface area contributed by atoms with E-state index in [9.17, 15) is 0 Å². The SMILES string of the molecule is Cc1c(Cl)ccnc1C1CC1CC#N. The zero-order chi connectivity index (χ0) is 10.1. The third-order valence-corrected chi connectivity index (χ3v) is 3.21. The topological polar surface area (TPSA) is 36.7 Å². The van der Waals surface area contributed by atoms with Gasteiger partial charge in [0.2, 0.25) is 0 Å². The first kappa shape index (κ1) is 9.48. The molecule has 0 aromatic carbocycles. The van der Waals surface area contributed by atoms with Gasteiger partial charge in [-0.05, 0) is 30.9 Å². The Bertz CT molecular complexity index is 395. The van der Waals surface area contributed by atoms with Crippen LogP contribution in [0.3, 0.4) is 0 Å². The molecule has 1 heterocycles. The van der Waals surface area contributed by atoms with Crippen LogP contribution in [0.1, 0.15) is 30.0 Å². The van der Waals surface area contributed by atoms with Crippen LogP contribution < -0.4 is 0 Å². The van der Waals surface area contributed by atoms with Crippen molar-refractivity contribution in [3.8, 4) is 6.07 Å². The average molecular weight is 207 g/mol. The highest BCUT2D eigenvalue weighted by molar-refractivity contribution is 6.31. The van der Waals surface area contributed by atoms with Crippen molar-refractivity contribution in [2.45, 2.75) is 25.7 Å². The van der Waals surface area contributed by atoms with Crippen LogP contribution in [0, 0.1) is 24.2 Å². The molecule has 0 bridgehead atoms. The molecule has 2 unspecified atom stereocenters. The van der Waals surface area contributed by atoms with E-state index in [1.807, 2.05) is 13.0 Å². The Labute approximate surface area is 88.5 Å². The number of halogens is 1. The lowest BCUT2D eigenvalue weighted by Crippen LogP contribution is -1.93. The first-order valence-electron chi connectivity index (χ1n) is 4.72. The van der Waals surface area contributed by atoms with Gasteiger partial charge in [-0.25, -0.2) is 0 Å². The maximum Gasteiger partial charge on any atom is 0.0624 e. The second-order valence-electron chi connectivity index (χ2n) is 3.77. The van der Waals surface area contributed by atoms with Gasteiger partial charge in [-0.3, -0.25) is 4.98 Å². The molecule has 0 aliphatic heterocycles. The summed E-state index contributed by atoms with van der Waals surface area (Å²) in [5, 5.41) is 9.34. The summed E-state index contributed by atoms with van der Waals surface area (Å²) in [6.45, 7) is 1.99. The van der Waals surface area contributed by atoms with Gasteiger partial charge in [0, 0.05) is 29.3 Å². The predicted octanol–water partition coefficient (Wildman–Crippen LogP) is 3.06. The lowest BCUT2D eigenvalue weighted by Gasteiger charge is -2.04. The smallest absolute Gasteiger partial charge is 0.0624 e. The second-order valence-corrected chi connectivity index (χ2v) is 4.17. The van der Waals surface area contributed by atoms with Crippen LogP contribution in [-0.2, 0) is 0 Å². The van der Waals surface area contributed by atoms with Gasteiger partial charge in [0.15, 0.2) is 0 Å². The number of hydrogen-bond acceptors (Lipinski definition) is 2. The van der Waals surface area contributed by atoms with Gasteiger partial charge < -0.3 is 0 Å². The molecule has 0 amide bonds. The molecule has 14 heavy (non-hydrogen) atoms. The summed E-state index contributed by atoms with van der Waals surface area (Å²) < 4.78 is 0. The minimum Gasteiger partial charge on any atom is -0.261 e. The third-order valence-electron chi connectivity index (χ3n) is 2.80. The molecule has 0 spiro atoms. The van der Waals surface area contributed by atoms with Crippen LogP contribution in [0.25, 0.3) is 0 Å². The molecule has 0 radical (unpaired) electrons. The van der Waals surface area contributed by atoms with Gasteiger partial charge in [0.05, 0.1) is 6.07 Å². The second kappa shape index (κ2) is 3.59. The van der Waals surface area contributed by atoms with Crippen LogP contribution in [0.4, 0.5) is 0 Å². The maximum absolute atomic E-state index is 8.57. The van der Waals surface area contributed by atoms with E-state index in [2.05, 4.69) is 11.1 Å². The van der Waals surface area contributed by atoms with Crippen LogP contribution in [0.2, 0.25) is 5.02 Å². The van der Waals surface area contributed by atoms with E-state index in [0.29, 0.717) is 18.3 Å². The Morgan fingerprint density at radius 1 is 1.71 bits per heavy atom. The fourth-order valence-electron chi connectivity index (χ4n) is 1.83. The molecule has 1 fully saturated rings. The minimum atomic E-state index is 0.466. The molecule has 2 rings (SSSR count). The van der Waals surface area contributed by atoms with E-state index >= 15 is 0 Å². The highest BCUT2D eigenvalue weighted by Gasteiger charge is 2.40. The fourth-order valence-corrected chi connectivity index (χ4v) is 1.98. The molecule has 0 N–H and O–H groups in total. The number of hydrogen-bond donors (Lipinski definition) is 0. The van der Waals surface area contributed by atoms with Crippen molar-refractivity contribution >= 4 is 11.6 Å². The fraction of sp³-hybridized carbons (Fsp3) is 0.455. The average Bonchev–Trinajstić information content (AvgIpc) is 2.90. The van der Waals surface area contributed by atoms with Crippen molar-refractivity contribution in [3.63, 3.8) is 0 Å². The van der Waals surface area contributed by atoms with Gasteiger partial charge in [-0.2, -0.15) is 5.26 Å². The third kappa shape index (κ3) is 1.60. The Morgan fingerprint density at radius 2 is 2.50 bits per heavy atom. The molecule has 1 aromatic heterocycles. The number of pyridine rings is 1. The summed E-state index contributed by atoms with van der Waals surface area (Å²) in [7, 11) is 0. The quantitative estimate of drug-likeness (QED) is 0.746. The van der Waals surface area contributed by atoms with Gasteiger partial charge in [0.25, 0.3) is 0 Å². The van der Waals surface area contributed by atoms with Crippen molar-refractivity contribution in [3.05, 3.63) is 28.5 Å². The standard InChI is InChI=1S/C11H11ClN2/c1-7-10(12)3-5-14-11(7)9-6-8(9)2-4-13/h3,5,8-9H,2,6H2,1H3. The molecule has 1 aromatic rings. The van der Waals surface area contributed by atoms with E-state index in [4.69, 9.17) is 16.9 Å². The number of nitrogens with zero attached hydrogens (tertiary/aromatic N) is 2. The zero-order valence-corrected chi connectivity index (χ0v) is 8.75. The first-order valence-corrected chi connectivity index (χ1v) is 5.09. The van der Waals surface area contributed by atoms with E-state index < -0.39 is 0 Å². The Balaban J connectivity index is 2.20. The summed E-state index contributed by atoms with van der Waals surface area (Å²) >= 11 is 6.01. The normalized spacial score (nSPS) is 24.4. The molecular formula is C11H11ClN2. The van der Waals surface area contributed by atoms with Crippen LogP contribution in [-0.4, -0.2) is 4.98 Å².